The molecule has 0 aromatic heterocycles. The molecule has 0 saturated carbocycles. The second kappa shape index (κ2) is 4.22. The van der Waals surface area contributed by atoms with Crippen LogP contribution in [0.4, 0.5) is 18.9 Å². The highest BCUT2D eigenvalue weighted by atomic mass is 19.4. The molecule has 0 radical (unpaired) electrons. The summed E-state index contributed by atoms with van der Waals surface area (Å²) in [4.78, 5) is 1.95. The molecule has 2 nitrogen and oxygen atoms in total. The fraction of sp³-hybridized carbons (Fsp3) is 0.500. The molecule has 0 saturated heterocycles. The van der Waals surface area contributed by atoms with Crippen LogP contribution in [-0.4, -0.2) is 31.6 Å². The summed E-state index contributed by atoms with van der Waals surface area (Å²) in [6.45, 7) is 0.682. The van der Waals surface area contributed by atoms with Crippen LogP contribution in [0.25, 0.3) is 0 Å². The van der Waals surface area contributed by atoms with Gasteiger partial charge in [-0.25, -0.2) is 0 Å². The van der Waals surface area contributed by atoms with Crippen molar-refractivity contribution >= 4 is 5.69 Å². The van der Waals surface area contributed by atoms with Crippen LogP contribution in [0.15, 0.2) is 18.2 Å². The SMILES string of the molecule is CN(C)C1CNc2cccc(C(F)(F)F)c2C1. The lowest BCUT2D eigenvalue weighted by Crippen LogP contribution is -2.40. The second-order valence-electron chi connectivity index (χ2n) is 4.53. The summed E-state index contributed by atoms with van der Waals surface area (Å²) in [5, 5.41) is 3.06. The van der Waals surface area contributed by atoms with E-state index in [-0.39, 0.29) is 6.04 Å². The van der Waals surface area contributed by atoms with Crippen LogP contribution in [0, 0.1) is 0 Å². The van der Waals surface area contributed by atoms with Crippen molar-refractivity contribution in [1.29, 1.82) is 0 Å². The Bertz CT molecular complexity index is 413. The first kappa shape index (κ1) is 12.2. The maximum Gasteiger partial charge on any atom is 0.416 e. The van der Waals surface area contributed by atoms with Crippen LogP contribution in [0.1, 0.15) is 11.1 Å². The van der Waals surface area contributed by atoms with Gasteiger partial charge >= 0.3 is 6.18 Å². The Morgan fingerprint density at radius 2 is 2.00 bits per heavy atom. The third kappa shape index (κ3) is 2.39. The molecule has 2 rings (SSSR count). The summed E-state index contributed by atoms with van der Waals surface area (Å²) >= 11 is 0. The maximum absolute atomic E-state index is 12.9. The summed E-state index contributed by atoms with van der Waals surface area (Å²) in [5.74, 6) is 0. The van der Waals surface area contributed by atoms with E-state index in [1.165, 1.54) is 6.07 Å². The lowest BCUT2D eigenvalue weighted by molar-refractivity contribution is -0.138. The molecular formula is C12H15F3N2. The monoisotopic (exact) mass is 244 g/mol. The van der Waals surface area contributed by atoms with Crippen molar-refractivity contribution in [2.75, 3.05) is 26.0 Å². The molecule has 0 amide bonds. The minimum atomic E-state index is -4.28. The number of anilines is 1. The zero-order valence-electron chi connectivity index (χ0n) is 9.80. The van der Waals surface area contributed by atoms with Crippen molar-refractivity contribution < 1.29 is 13.2 Å². The molecule has 94 valence electrons. The number of hydrogen-bond acceptors (Lipinski definition) is 2. The van der Waals surface area contributed by atoms with Crippen molar-refractivity contribution in [3.63, 3.8) is 0 Å². The summed E-state index contributed by atoms with van der Waals surface area (Å²) in [6.07, 6.45) is -3.84. The molecule has 1 atom stereocenters. The van der Waals surface area contributed by atoms with Gasteiger partial charge < -0.3 is 10.2 Å². The number of halogens is 3. The molecule has 5 heteroatoms. The quantitative estimate of drug-likeness (QED) is 0.817. The van der Waals surface area contributed by atoms with Gasteiger partial charge in [-0.3, -0.25) is 0 Å². The molecule has 0 bridgehead atoms. The van der Waals surface area contributed by atoms with E-state index >= 15 is 0 Å². The number of fused-ring (bicyclic) bond motifs is 1. The Balaban J connectivity index is 2.40. The highest BCUT2D eigenvalue weighted by molar-refractivity contribution is 5.57. The van der Waals surface area contributed by atoms with Gasteiger partial charge in [-0.1, -0.05) is 6.07 Å². The summed E-state index contributed by atoms with van der Waals surface area (Å²) in [5.41, 5.74) is 0.469. The molecule has 1 unspecified atom stereocenters. The summed E-state index contributed by atoms with van der Waals surface area (Å²) in [7, 11) is 3.76. The zero-order chi connectivity index (χ0) is 12.6. The molecule has 0 fully saturated rings. The van der Waals surface area contributed by atoms with E-state index in [1.54, 1.807) is 6.07 Å². The molecule has 1 heterocycles. The van der Waals surface area contributed by atoms with E-state index in [9.17, 15) is 13.2 Å². The summed E-state index contributed by atoms with van der Waals surface area (Å²) in [6, 6.07) is 4.41. The van der Waals surface area contributed by atoms with Crippen LogP contribution < -0.4 is 5.32 Å². The van der Waals surface area contributed by atoms with E-state index in [4.69, 9.17) is 0 Å². The van der Waals surface area contributed by atoms with Crippen LogP contribution in [0.2, 0.25) is 0 Å². The fourth-order valence-electron chi connectivity index (χ4n) is 2.14. The lowest BCUT2D eigenvalue weighted by Gasteiger charge is -2.32. The summed E-state index contributed by atoms with van der Waals surface area (Å²) < 4.78 is 38.6. The first-order valence-corrected chi connectivity index (χ1v) is 5.49. The van der Waals surface area contributed by atoms with E-state index in [0.717, 1.165) is 6.07 Å². The third-order valence-corrected chi connectivity index (χ3v) is 3.18. The van der Waals surface area contributed by atoms with Gasteiger partial charge in [0.15, 0.2) is 0 Å². The number of hydrogen-bond donors (Lipinski definition) is 1. The highest BCUT2D eigenvalue weighted by Gasteiger charge is 2.36. The van der Waals surface area contributed by atoms with Crippen molar-refractivity contribution in [2.24, 2.45) is 0 Å². The molecule has 0 aliphatic carbocycles. The van der Waals surface area contributed by atoms with E-state index in [2.05, 4.69) is 5.32 Å². The van der Waals surface area contributed by atoms with Crippen LogP contribution >= 0.6 is 0 Å². The number of nitrogens with one attached hydrogen (secondary N) is 1. The predicted octanol–water partition coefficient (Wildman–Crippen LogP) is 2.60. The van der Waals surface area contributed by atoms with E-state index in [0.29, 0.717) is 24.2 Å². The second-order valence-corrected chi connectivity index (χ2v) is 4.53. The van der Waals surface area contributed by atoms with E-state index in [1.807, 2.05) is 19.0 Å². The normalized spacial score (nSPS) is 20.0. The highest BCUT2D eigenvalue weighted by Crippen LogP contribution is 2.37. The van der Waals surface area contributed by atoms with Crippen LogP contribution in [0.5, 0.6) is 0 Å². The molecular weight excluding hydrogens is 229 g/mol. The molecule has 17 heavy (non-hydrogen) atoms. The first-order valence-electron chi connectivity index (χ1n) is 5.49. The molecule has 1 N–H and O–H groups in total. The maximum atomic E-state index is 12.9. The Hall–Kier alpha value is -1.23. The van der Waals surface area contributed by atoms with Crippen molar-refractivity contribution in [2.45, 2.75) is 18.6 Å². The Labute approximate surface area is 98.4 Å². The lowest BCUT2D eigenvalue weighted by atomic mass is 9.94. The van der Waals surface area contributed by atoms with Gasteiger partial charge in [0, 0.05) is 18.3 Å². The molecule has 0 spiro atoms. The van der Waals surface area contributed by atoms with Crippen molar-refractivity contribution in [3.8, 4) is 0 Å². The minimum absolute atomic E-state index is 0.103. The standard InChI is InChI=1S/C12H15F3N2/c1-17(2)8-6-9-10(12(13,14)15)4-3-5-11(9)16-7-8/h3-5,8,16H,6-7H2,1-2H3. The predicted molar refractivity (Wildman–Crippen MR) is 61.1 cm³/mol. The van der Waals surface area contributed by atoms with Crippen molar-refractivity contribution in [3.05, 3.63) is 29.3 Å². The van der Waals surface area contributed by atoms with Gasteiger partial charge in [0.1, 0.15) is 0 Å². The largest absolute Gasteiger partial charge is 0.416 e. The molecule has 1 aliphatic heterocycles. The van der Waals surface area contributed by atoms with Gasteiger partial charge in [0.05, 0.1) is 5.56 Å². The zero-order valence-corrected chi connectivity index (χ0v) is 9.80. The van der Waals surface area contributed by atoms with Crippen LogP contribution in [-0.2, 0) is 12.6 Å². The number of benzene rings is 1. The van der Waals surface area contributed by atoms with E-state index < -0.39 is 11.7 Å². The topological polar surface area (TPSA) is 15.3 Å². The minimum Gasteiger partial charge on any atom is -0.383 e. The number of nitrogens with zero attached hydrogens (tertiary/aromatic N) is 1. The number of rotatable bonds is 1. The molecule has 1 aromatic carbocycles. The third-order valence-electron chi connectivity index (χ3n) is 3.18. The van der Waals surface area contributed by atoms with Gasteiger partial charge in [-0.15, -0.1) is 0 Å². The van der Waals surface area contributed by atoms with Gasteiger partial charge in [-0.05, 0) is 38.2 Å². The Morgan fingerprint density at radius 1 is 1.29 bits per heavy atom. The fourth-order valence-corrected chi connectivity index (χ4v) is 2.14. The van der Waals surface area contributed by atoms with Crippen molar-refractivity contribution in [1.82, 2.24) is 4.90 Å². The van der Waals surface area contributed by atoms with Gasteiger partial charge in [0.2, 0.25) is 0 Å². The van der Waals surface area contributed by atoms with Crippen LogP contribution in [0.3, 0.4) is 0 Å². The average molecular weight is 244 g/mol. The Kier molecular flexibility index (Phi) is 3.03. The smallest absolute Gasteiger partial charge is 0.383 e. The van der Waals surface area contributed by atoms with Gasteiger partial charge in [-0.2, -0.15) is 13.2 Å². The number of likely N-dealkylation sites (N-methyl/N-ethyl adjacent to an activating group) is 1. The average Bonchev–Trinajstić information content (AvgIpc) is 2.26. The molecule has 1 aliphatic rings. The number of alkyl halides is 3. The van der Waals surface area contributed by atoms with Gasteiger partial charge in [0.25, 0.3) is 0 Å². The first-order chi connectivity index (χ1) is 7.89. The Morgan fingerprint density at radius 3 is 2.59 bits per heavy atom. The molecule has 1 aromatic rings.